The van der Waals surface area contributed by atoms with Gasteiger partial charge in [-0.3, -0.25) is 0 Å². The molecule has 0 unspecified atom stereocenters. The zero-order valence-electron chi connectivity index (χ0n) is 9.24. The van der Waals surface area contributed by atoms with E-state index in [2.05, 4.69) is 0 Å². The van der Waals surface area contributed by atoms with Gasteiger partial charge in [-0.2, -0.15) is 0 Å². The Labute approximate surface area is 104 Å². The third-order valence-electron chi connectivity index (χ3n) is 2.45. The SMILES string of the molecule is Cc1ccc(Cc2ccc(C(=O)O)o2)c(Cl)c1. The molecule has 0 fully saturated rings. The van der Waals surface area contributed by atoms with Crippen LogP contribution in [0.4, 0.5) is 0 Å². The predicted octanol–water partition coefficient (Wildman–Crippen LogP) is 3.53. The van der Waals surface area contributed by atoms with Crippen molar-refractivity contribution in [3.8, 4) is 0 Å². The van der Waals surface area contributed by atoms with Crippen molar-refractivity contribution in [2.24, 2.45) is 0 Å². The van der Waals surface area contributed by atoms with Crippen LogP contribution in [0.3, 0.4) is 0 Å². The van der Waals surface area contributed by atoms with Crippen molar-refractivity contribution < 1.29 is 14.3 Å². The monoisotopic (exact) mass is 250 g/mol. The molecule has 3 nitrogen and oxygen atoms in total. The fourth-order valence-corrected chi connectivity index (χ4v) is 1.87. The lowest BCUT2D eigenvalue weighted by Gasteiger charge is -2.03. The molecule has 2 rings (SSSR count). The highest BCUT2D eigenvalue weighted by Crippen LogP contribution is 2.21. The van der Waals surface area contributed by atoms with Crippen LogP contribution >= 0.6 is 11.6 Å². The zero-order chi connectivity index (χ0) is 12.4. The fraction of sp³-hybridized carbons (Fsp3) is 0.154. The van der Waals surface area contributed by atoms with Crippen molar-refractivity contribution in [3.63, 3.8) is 0 Å². The largest absolute Gasteiger partial charge is 0.475 e. The first-order valence-corrected chi connectivity index (χ1v) is 5.51. The quantitative estimate of drug-likeness (QED) is 0.907. The Morgan fingerprint density at radius 3 is 2.71 bits per heavy atom. The molecule has 4 heteroatoms. The molecule has 1 heterocycles. The minimum Gasteiger partial charge on any atom is -0.475 e. The molecule has 0 saturated heterocycles. The van der Waals surface area contributed by atoms with Crippen molar-refractivity contribution in [3.05, 3.63) is 58.0 Å². The number of benzene rings is 1. The zero-order valence-corrected chi connectivity index (χ0v) is 9.99. The minimum atomic E-state index is -1.06. The lowest BCUT2D eigenvalue weighted by molar-refractivity contribution is 0.0660. The lowest BCUT2D eigenvalue weighted by atomic mass is 10.1. The van der Waals surface area contributed by atoms with Gasteiger partial charge in [0.15, 0.2) is 0 Å². The first kappa shape index (κ1) is 11.7. The van der Waals surface area contributed by atoms with Gasteiger partial charge < -0.3 is 9.52 Å². The number of carboxylic acids is 1. The van der Waals surface area contributed by atoms with E-state index in [9.17, 15) is 4.79 Å². The molecule has 0 spiro atoms. The number of furan rings is 1. The second-order valence-electron chi connectivity index (χ2n) is 3.84. The van der Waals surface area contributed by atoms with Gasteiger partial charge >= 0.3 is 5.97 Å². The Morgan fingerprint density at radius 1 is 1.35 bits per heavy atom. The molecule has 0 bridgehead atoms. The average molecular weight is 251 g/mol. The van der Waals surface area contributed by atoms with Gasteiger partial charge in [0.05, 0.1) is 0 Å². The summed E-state index contributed by atoms with van der Waals surface area (Å²) < 4.78 is 5.18. The molecule has 0 amide bonds. The molecule has 0 atom stereocenters. The highest BCUT2D eigenvalue weighted by Gasteiger charge is 2.10. The van der Waals surface area contributed by atoms with Crippen molar-refractivity contribution in [2.75, 3.05) is 0 Å². The Bertz CT molecular complexity index is 558. The molecular weight excluding hydrogens is 240 g/mol. The average Bonchev–Trinajstić information content (AvgIpc) is 2.71. The number of hydrogen-bond acceptors (Lipinski definition) is 2. The summed E-state index contributed by atoms with van der Waals surface area (Å²) in [5, 5.41) is 9.40. The molecular formula is C13H11ClO3. The van der Waals surface area contributed by atoms with E-state index in [0.717, 1.165) is 11.1 Å². The van der Waals surface area contributed by atoms with Crippen LogP contribution < -0.4 is 0 Å². The molecule has 0 radical (unpaired) electrons. The van der Waals surface area contributed by atoms with E-state index in [4.69, 9.17) is 21.1 Å². The van der Waals surface area contributed by atoms with Crippen LogP contribution in [0.25, 0.3) is 0 Å². The number of hydrogen-bond donors (Lipinski definition) is 1. The first-order chi connectivity index (χ1) is 8.06. The van der Waals surface area contributed by atoms with Crippen LogP contribution in [-0.4, -0.2) is 11.1 Å². The molecule has 88 valence electrons. The van der Waals surface area contributed by atoms with E-state index in [-0.39, 0.29) is 5.76 Å². The molecule has 1 N–H and O–H groups in total. The van der Waals surface area contributed by atoms with E-state index >= 15 is 0 Å². The van der Waals surface area contributed by atoms with E-state index in [1.54, 1.807) is 6.07 Å². The van der Waals surface area contributed by atoms with Crippen molar-refractivity contribution in [1.29, 1.82) is 0 Å². The molecule has 17 heavy (non-hydrogen) atoms. The number of rotatable bonds is 3. The third kappa shape index (κ3) is 2.68. The number of carboxylic acid groups (broad SMARTS) is 1. The molecule has 0 aliphatic carbocycles. The number of carbonyl (C=O) groups is 1. The number of aryl methyl sites for hydroxylation is 1. The predicted molar refractivity (Wildman–Crippen MR) is 64.7 cm³/mol. The fourth-order valence-electron chi connectivity index (χ4n) is 1.57. The standard InChI is InChI=1S/C13H11ClO3/c1-8-2-3-9(11(14)6-8)7-10-4-5-12(17-10)13(15)16/h2-6H,7H2,1H3,(H,15,16). The minimum absolute atomic E-state index is 0.0526. The van der Waals surface area contributed by atoms with Crippen molar-refractivity contribution in [1.82, 2.24) is 0 Å². The normalized spacial score (nSPS) is 10.5. The number of aromatic carboxylic acids is 1. The highest BCUT2D eigenvalue weighted by molar-refractivity contribution is 6.31. The Hall–Kier alpha value is -1.74. The van der Waals surface area contributed by atoms with E-state index in [1.807, 2.05) is 25.1 Å². The van der Waals surface area contributed by atoms with Crippen molar-refractivity contribution >= 4 is 17.6 Å². The summed E-state index contributed by atoms with van der Waals surface area (Å²) in [6.45, 7) is 1.96. The number of halogens is 1. The van der Waals surface area contributed by atoms with Gasteiger partial charge in [-0.1, -0.05) is 23.7 Å². The maximum absolute atomic E-state index is 10.7. The second kappa shape index (κ2) is 4.63. The van der Waals surface area contributed by atoms with Gasteiger partial charge in [0.2, 0.25) is 5.76 Å². The molecule has 0 saturated carbocycles. The van der Waals surface area contributed by atoms with Crippen LogP contribution in [0, 0.1) is 6.92 Å². The van der Waals surface area contributed by atoms with E-state index < -0.39 is 5.97 Å². The van der Waals surface area contributed by atoms with Crippen LogP contribution in [0.5, 0.6) is 0 Å². The van der Waals surface area contributed by atoms with Gasteiger partial charge in [-0.25, -0.2) is 4.79 Å². The maximum Gasteiger partial charge on any atom is 0.371 e. The van der Waals surface area contributed by atoms with Crippen LogP contribution in [0.1, 0.15) is 27.4 Å². The first-order valence-electron chi connectivity index (χ1n) is 5.13. The summed E-state index contributed by atoms with van der Waals surface area (Å²) in [5.74, 6) is -0.525. The third-order valence-corrected chi connectivity index (χ3v) is 2.80. The summed E-state index contributed by atoms with van der Waals surface area (Å²) in [5.41, 5.74) is 2.01. The van der Waals surface area contributed by atoms with Gasteiger partial charge in [0, 0.05) is 11.4 Å². The van der Waals surface area contributed by atoms with E-state index in [1.165, 1.54) is 6.07 Å². The molecule has 1 aromatic carbocycles. The molecule has 2 aromatic rings. The lowest BCUT2D eigenvalue weighted by Crippen LogP contribution is -1.92. The summed E-state index contributed by atoms with van der Waals surface area (Å²) in [6.07, 6.45) is 0.492. The van der Waals surface area contributed by atoms with Gasteiger partial charge in [0.25, 0.3) is 0 Å². The molecule has 0 aliphatic rings. The molecule has 0 aliphatic heterocycles. The van der Waals surface area contributed by atoms with Crippen LogP contribution in [-0.2, 0) is 6.42 Å². The van der Waals surface area contributed by atoms with Gasteiger partial charge in [-0.05, 0) is 36.2 Å². The molecule has 1 aromatic heterocycles. The Morgan fingerprint density at radius 2 is 2.12 bits per heavy atom. The highest BCUT2D eigenvalue weighted by atomic mass is 35.5. The van der Waals surface area contributed by atoms with Crippen LogP contribution in [0.15, 0.2) is 34.7 Å². The van der Waals surface area contributed by atoms with Gasteiger partial charge in [0.1, 0.15) is 5.76 Å². The summed E-state index contributed by atoms with van der Waals surface area (Å²) in [7, 11) is 0. The maximum atomic E-state index is 10.7. The smallest absolute Gasteiger partial charge is 0.371 e. The summed E-state index contributed by atoms with van der Waals surface area (Å²) >= 11 is 6.09. The Balaban J connectivity index is 2.22. The van der Waals surface area contributed by atoms with E-state index in [0.29, 0.717) is 17.2 Å². The van der Waals surface area contributed by atoms with Gasteiger partial charge in [-0.15, -0.1) is 0 Å². The summed E-state index contributed by atoms with van der Waals surface area (Å²) in [4.78, 5) is 10.7. The second-order valence-corrected chi connectivity index (χ2v) is 4.25. The summed E-state index contributed by atoms with van der Waals surface area (Å²) in [6, 6.07) is 8.85. The van der Waals surface area contributed by atoms with Crippen molar-refractivity contribution in [2.45, 2.75) is 13.3 Å². The van der Waals surface area contributed by atoms with Crippen LogP contribution in [0.2, 0.25) is 5.02 Å². The topological polar surface area (TPSA) is 50.4 Å². The Kier molecular flexibility index (Phi) is 3.20.